The fraction of sp³-hybridized carbons (Fsp3) is 0.158. The minimum Gasteiger partial charge on any atom is -0.423 e. The van der Waals surface area contributed by atoms with Crippen LogP contribution in [0.5, 0.6) is 0 Å². The standard InChI is InChI=1S/C23H23N5O2S.C22H21N5O2S.C12H11BO2.C10H14N6O2S.C9H12N6O2S/c1-27(2)31(29,30)21-13-12-20(22(16-21)23-24-26-28(3)25-23)15-17-8-7-11-19(14-17)18-9-5-4-6-10-18;1-23-30(28,29)20-12-11-19(21(15-20)22-24-26-27(2)25-22)14-16-7-6-10-18(13-16)17-8-4-3-5-9-17;14-13(15)12-8-4-7-11(9-12)10-5-2-1-3-6-10;1-15(2)19(17,18)7-4-5-9(11)8(6-7)10-12-14-16(3)13-10;1-11-18(16,17)6-3-4-8(10)7(5-6)9-12-14-15(2)13-9/h4-14,16H,15H2,1-3H3;3-13,15,23H,14H2,1-2H3;1-9,14-15H;4-6H,11H2,1-3H3;3-5,11H,10H2,1-2H3. The van der Waals surface area contributed by atoms with Crippen LogP contribution in [0.4, 0.5) is 11.4 Å². The van der Waals surface area contributed by atoms with E-state index in [2.05, 4.69) is 132 Å². The first-order valence-corrected chi connectivity index (χ1v) is 40.2. The van der Waals surface area contributed by atoms with Gasteiger partial charge in [-0.15, -0.1) is 40.8 Å². The third kappa shape index (κ3) is 21.2. The molecule has 4 aromatic heterocycles. The molecule has 0 fully saturated rings. The molecule has 113 heavy (non-hydrogen) atoms. The molecule has 0 saturated carbocycles. The van der Waals surface area contributed by atoms with Crippen molar-refractivity contribution < 1.29 is 43.7 Å². The Kier molecular flexibility index (Phi) is 27.0. The van der Waals surface area contributed by atoms with Gasteiger partial charge >= 0.3 is 7.12 Å². The van der Waals surface area contributed by atoms with E-state index in [0.717, 1.165) is 59.9 Å². The van der Waals surface area contributed by atoms with Crippen molar-refractivity contribution in [2.75, 3.05) is 53.8 Å². The average molecular weight is 1600 g/mol. The van der Waals surface area contributed by atoms with Crippen LogP contribution < -0.4 is 26.4 Å². The molecule has 0 unspecified atom stereocenters. The number of aromatic nitrogens is 16. The van der Waals surface area contributed by atoms with Crippen LogP contribution in [0.3, 0.4) is 0 Å². The number of benzene rings is 10. The minimum absolute atomic E-state index is 0.0988. The summed E-state index contributed by atoms with van der Waals surface area (Å²) in [6.45, 7) is 0. The Morgan fingerprint density at radius 1 is 0.354 bits per heavy atom. The van der Waals surface area contributed by atoms with Crippen LogP contribution in [0.1, 0.15) is 22.3 Å². The second kappa shape index (κ2) is 36.7. The largest absolute Gasteiger partial charge is 0.488 e. The van der Waals surface area contributed by atoms with Crippen LogP contribution in [-0.4, -0.2) is 183 Å². The maximum atomic E-state index is 12.7. The molecule has 37 heteroatoms. The molecule has 0 radical (unpaired) electrons. The van der Waals surface area contributed by atoms with Gasteiger partial charge in [0.1, 0.15) is 0 Å². The van der Waals surface area contributed by atoms with Crippen LogP contribution in [0.15, 0.2) is 256 Å². The molecule has 0 aliphatic rings. The van der Waals surface area contributed by atoms with Crippen molar-refractivity contribution in [3.8, 4) is 78.9 Å². The Morgan fingerprint density at radius 2 is 0.646 bits per heavy atom. The van der Waals surface area contributed by atoms with Gasteiger partial charge in [-0.3, -0.25) is 0 Å². The highest BCUT2D eigenvalue weighted by Gasteiger charge is 2.25. The van der Waals surface area contributed by atoms with E-state index in [9.17, 15) is 33.7 Å². The van der Waals surface area contributed by atoms with Gasteiger partial charge in [-0.05, 0) is 170 Å². The Bertz CT molecular complexity index is 6100. The highest BCUT2D eigenvalue weighted by molar-refractivity contribution is 7.90. The number of tetrazole rings is 4. The van der Waals surface area contributed by atoms with Crippen LogP contribution in [-0.2, 0) is 81.1 Å². The molecule has 0 saturated heterocycles. The lowest BCUT2D eigenvalue weighted by Crippen LogP contribution is -2.29. The van der Waals surface area contributed by atoms with Crippen molar-refractivity contribution in [2.24, 2.45) is 28.2 Å². The molecule has 32 nitrogen and oxygen atoms in total. The predicted molar refractivity (Wildman–Crippen MR) is 431 cm³/mol. The van der Waals surface area contributed by atoms with Crippen LogP contribution in [0, 0.1) is 0 Å². The van der Waals surface area contributed by atoms with Crippen molar-refractivity contribution in [1.29, 1.82) is 0 Å². The molecular weight excluding hydrogens is 1520 g/mol. The Hall–Kier alpha value is -12.3. The molecule has 582 valence electrons. The third-order valence-corrected chi connectivity index (χ3v) is 23.5. The van der Waals surface area contributed by atoms with E-state index in [4.69, 9.17) is 21.5 Å². The molecule has 0 aliphatic heterocycles. The summed E-state index contributed by atoms with van der Waals surface area (Å²) in [6, 6.07) is 72.9. The first-order chi connectivity index (χ1) is 53.8. The van der Waals surface area contributed by atoms with Crippen LogP contribution in [0.25, 0.3) is 78.9 Å². The van der Waals surface area contributed by atoms with E-state index in [1.807, 2.05) is 103 Å². The summed E-state index contributed by atoms with van der Waals surface area (Å²) >= 11 is 0. The fourth-order valence-electron chi connectivity index (χ4n) is 11.1. The van der Waals surface area contributed by atoms with E-state index < -0.39 is 47.2 Å². The van der Waals surface area contributed by atoms with Crippen molar-refractivity contribution in [2.45, 2.75) is 32.4 Å². The maximum absolute atomic E-state index is 12.7. The summed E-state index contributed by atoms with van der Waals surface area (Å²) in [5.41, 5.74) is 25.7. The number of anilines is 2. The highest BCUT2D eigenvalue weighted by atomic mass is 32.2. The second-order valence-electron chi connectivity index (χ2n) is 25.4. The van der Waals surface area contributed by atoms with Crippen molar-refractivity contribution >= 4 is 64.0 Å². The van der Waals surface area contributed by atoms with E-state index >= 15 is 0 Å². The predicted octanol–water partition coefficient (Wildman–Crippen LogP) is 6.54. The van der Waals surface area contributed by atoms with Crippen molar-refractivity contribution in [3.63, 3.8) is 0 Å². The molecule has 0 spiro atoms. The first-order valence-electron chi connectivity index (χ1n) is 34.4. The molecular formula is C76H81BN22O10S4. The fourth-order valence-corrected chi connectivity index (χ4v) is 14.5. The van der Waals surface area contributed by atoms with E-state index in [-0.39, 0.29) is 31.2 Å². The molecule has 14 aromatic rings. The van der Waals surface area contributed by atoms with Gasteiger partial charge in [-0.2, -0.15) is 19.2 Å². The molecule has 10 aromatic carbocycles. The number of sulfonamides is 4. The summed E-state index contributed by atoms with van der Waals surface area (Å²) in [5, 5.41) is 65.7. The van der Waals surface area contributed by atoms with E-state index in [1.54, 1.807) is 64.6 Å². The quantitative estimate of drug-likeness (QED) is 0.0348. The number of nitrogens with one attached hydrogen (secondary N) is 2. The summed E-state index contributed by atoms with van der Waals surface area (Å²) in [5.74, 6) is 1.35. The number of hydrogen-bond acceptors (Lipinski definition) is 24. The second-order valence-corrected chi connectivity index (χ2v) is 33.5. The Morgan fingerprint density at radius 3 is 0.982 bits per heavy atom. The molecule has 0 aliphatic carbocycles. The lowest BCUT2D eigenvalue weighted by molar-refractivity contribution is 0.425. The number of nitrogens with zero attached hydrogens (tertiary/aromatic N) is 18. The van der Waals surface area contributed by atoms with Crippen molar-refractivity contribution in [1.82, 2.24) is 98.9 Å². The molecule has 0 atom stereocenters. The van der Waals surface area contributed by atoms with Crippen molar-refractivity contribution in [3.05, 3.63) is 259 Å². The lowest BCUT2D eigenvalue weighted by Gasteiger charge is -2.14. The monoisotopic (exact) mass is 1600 g/mol. The average Bonchev–Trinajstić information content (AvgIpc) is 1.82. The first kappa shape index (κ1) is 83.2. The number of hydrogen-bond donors (Lipinski definition) is 6. The van der Waals surface area contributed by atoms with Gasteiger partial charge in [0.15, 0.2) is 0 Å². The van der Waals surface area contributed by atoms with Gasteiger partial charge in [0.25, 0.3) is 0 Å². The van der Waals surface area contributed by atoms with Gasteiger partial charge in [0, 0.05) is 61.8 Å². The maximum Gasteiger partial charge on any atom is 0.488 e. The van der Waals surface area contributed by atoms with E-state index in [0.29, 0.717) is 63.6 Å². The summed E-state index contributed by atoms with van der Waals surface area (Å²) in [6.07, 6.45) is 1.21. The van der Waals surface area contributed by atoms with Gasteiger partial charge in [0.2, 0.25) is 63.4 Å². The zero-order valence-corrected chi connectivity index (χ0v) is 66.3. The number of rotatable bonds is 20. The summed E-state index contributed by atoms with van der Waals surface area (Å²) in [7, 11) is -0.362. The van der Waals surface area contributed by atoms with Gasteiger partial charge in [-0.1, -0.05) is 176 Å². The minimum atomic E-state index is -3.59. The number of nitrogens with two attached hydrogens (primary N) is 2. The third-order valence-electron chi connectivity index (χ3n) is 17.1. The topological polar surface area (TPSA) is 434 Å². The SMILES string of the molecule is CN(C)S(=O)(=O)c1ccc(Cc2cccc(-c3ccccc3)c2)c(-c2nnn(C)n2)c1.CN(C)S(=O)(=O)c1ccc(N)c(-c2nnn(C)n2)c1.CNS(=O)(=O)c1ccc(Cc2cccc(-c3ccccc3)c2)c(-c2nnn(C)n2)c1.CNS(=O)(=O)c1ccc(N)c(-c2nnn(C)n2)c1.OB(O)c1cccc(-c2ccccc2)c1. The zero-order valence-electron chi connectivity index (χ0n) is 63.0. The molecule has 0 amide bonds. The van der Waals surface area contributed by atoms with Gasteiger partial charge in [0.05, 0.1) is 47.8 Å². The smallest absolute Gasteiger partial charge is 0.423 e. The normalized spacial score (nSPS) is 11.5. The molecule has 14 rings (SSSR count). The Balaban J connectivity index is 0.000000154. The van der Waals surface area contributed by atoms with E-state index in [1.165, 1.54) is 102 Å². The van der Waals surface area contributed by atoms with Crippen LogP contribution >= 0.6 is 0 Å². The molecule has 8 N–H and O–H groups in total. The summed E-state index contributed by atoms with van der Waals surface area (Å²) < 4.78 is 104. The molecule has 0 bridgehead atoms. The highest BCUT2D eigenvalue weighted by Crippen LogP contribution is 2.33. The summed E-state index contributed by atoms with van der Waals surface area (Å²) in [4.78, 5) is 5.86. The van der Waals surface area contributed by atoms with Gasteiger partial charge in [-0.25, -0.2) is 51.7 Å². The Labute approximate surface area is 654 Å². The van der Waals surface area contributed by atoms with Gasteiger partial charge < -0.3 is 21.5 Å². The van der Waals surface area contributed by atoms with Crippen LogP contribution in [0.2, 0.25) is 0 Å². The zero-order chi connectivity index (χ0) is 81.4. The number of aryl methyl sites for hydroxylation is 4. The number of nitrogen functional groups attached to an aromatic ring is 2. The molecule has 4 heterocycles. The lowest BCUT2D eigenvalue weighted by atomic mass is 9.79.